The molecule has 4 rings (SSSR count). The number of likely N-dealkylation sites (tertiary alicyclic amines) is 1. The molecule has 4 heteroatoms. The first-order chi connectivity index (χ1) is 10.4. The lowest BCUT2D eigenvalue weighted by atomic mass is 9.65. The lowest BCUT2D eigenvalue weighted by Crippen LogP contribution is -2.35. The summed E-state index contributed by atoms with van der Waals surface area (Å²) >= 11 is 5.45. The smallest absolute Gasteiger partial charge is 0.270 e. The van der Waals surface area contributed by atoms with E-state index in [4.69, 9.17) is 16.6 Å². The van der Waals surface area contributed by atoms with Gasteiger partial charge in [0.2, 0.25) is 0 Å². The van der Waals surface area contributed by atoms with Crippen LogP contribution in [0.4, 0.5) is 0 Å². The van der Waals surface area contributed by atoms with Gasteiger partial charge in [-0.25, -0.2) is 0 Å². The van der Waals surface area contributed by atoms with Crippen molar-refractivity contribution in [2.75, 3.05) is 6.54 Å². The van der Waals surface area contributed by atoms with Crippen LogP contribution in [0, 0.1) is 15.7 Å². The van der Waals surface area contributed by atoms with Crippen LogP contribution in [0.1, 0.15) is 40.0 Å². The van der Waals surface area contributed by atoms with Gasteiger partial charge in [0.25, 0.3) is 4.84 Å². The first kappa shape index (κ1) is 14.5. The van der Waals surface area contributed by atoms with Crippen molar-refractivity contribution in [1.82, 2.24) is 9.47 Å². The van der Waals surface area contributed by atoms with Crippen molar-refractivity contribution in [2.24, 2.45) is 10.8 Å². The number of nitrogens with zero attached hydrogens (tertiary/aromatic N) is 2. The van der Waals surface area contributed by atoms with Crippen LogP contribution in [0.15, 0.2) is 28.7 Å². The van der Waals surface area contributed by atoms with Crippen LogP contribution in [0.2, 0.25) is 0 Å². The Bertz CT molecular complexity index is 775. The van der Waals surface area contributed by atoms with Gasteiger partial charge in [-0.3, -0.25) is 9.47 Å². The van der Waals surface area contributed by atoms with Gasteiger partial charge in [0, 0.05) is 12.6 Å². The normalized spacial score (nSPS) is 31.0. The Morgan fingerprint density at radius 2 is 2.00 bits per heavy atom. The van der Waals surface area contributed by atoms with Gasteiger partial charge in [0.15, 0.2) is 5.58 Å². The van der Waals surface area contributed by atoms with E-state index in [1.165, 1.54) is 25.8 Å². The van der Waals surface area contributed by atoms with Gasteiger partial charge in [-0.15, -0.1) is 0 Å². The second-order valence-electron chi connectivity index (χ2n) is 8.37. The molecule has 1 aliphatic heterocycles. The van der Waals surface area contributed by atoms with Crippen molar-refractivity contribution in [3.8, 4) is 0 Å². The monoisotopic (exact) mass is 316 g/mol. The summed E-state index contributed by atoms with van der Waals surface area (Å²) in [6.45, 7) is 9.31. The van der Waals surface area contributed by atoms with Crippen LogP contribution in [-0.4, -0.2) is 22.1 Å². The van der Waals surface area contributed by atoms with Crippen LogP contribution in [-0.2, 0) is 6.67 Å². The highest BCUT2D eigenvalue weighted by Gasteiger charge is 2.49. The number of benzene rings is 1. The minimum Gasteiger partial charge on any atom is -0.429 e. The zero-order valence-corrected chi connectivity index (χ0v) is 14.4. The van der Waals surface area contributed by atoms with E-state index in [2.05, 4.69) is 42.4 Å². The zero-order chi connectivity index (χ0) is 15.5. The highest BCUT2D eigenvalue weighted by molar-refractivity contribution is 7.71. The molecule has 118 valence electrons. The molecule has 0 N–H and O–H groups in total. The average molecular weight is 316 g/mol. The molecule has 1 aliphatic carbocycles. The number of aromatic nitrogens is 1. The third-order valence-corrected chi connectivity index (χ3v) is 5.72. The molecule has 0 unspecified atom stereocenters. The molecular weight excluding hydrogens is 292 g/mol. The van der Waals surface area contributed by atoms with Crippen molar-refractivity contribution in [3.63, 3.8) is 0 Å². The van der Waals surface area contributed by atoms with Crippen LogP contribution in [0.3, 0.4) is 0 Å². The fourth-order valence-electron chi connectivity index (χ4n) is 5.07. The average Bonchev–Trinajstić information content (AvgIpc) is 2.84. The number of fused-ring (bicyclic) bond motifs is 3. The third kappa shape index (κ3) is 2.33. The highest BCUT2D eigenvalue weighted by atomic mass is 32.1. The van der Waals surface area contributed by atoms with Crippen LogP contribution in [0.5, 0.6) is 0 Å². The zero-order valence-electron chi connectivity index (χ0n) is 13.6. The van der Waals surface area contributed by atoms with E-state index >= 15 is 0 Å². The molecule has 3 nitrogen and oxygen atoms in total. The van der Waals surface area contributed by atoms with Gasteiger partial charge >= 0.3 is 0 Å². The summed E-state index contributed by atoms with van der Waals surface area (Å²) in [6.07, 6.45) is 3.93. The molecule has 1 saturated heterocycles. The minimum absolute atomic E-state index is 0.451. The number of hydrogen-bond acceptors (Lipinski definition) is 3. The molecule has 0 amide bonds. The summed E-state index contributed by atoms with van der Waals surface area (Å²) in [4.78, 5) is 3.21. The molecule has 2 aromatic rings. The van der Waals surface area contributed by atoms with E-state index in [0.717, 1.165) is 17.8 Å². The van der Waals surface area contributed by atoms with Gasteiger partial charge in [0.1, 0.15) is 0 Å². The Kier molecular flexibility index (Phi) is 3.08. The van der Waals surface area contributed by atoms with E-state index in [0.29, 0.717) is 21.7 Å². The van der Waals surface area contributed by atoms with Crippen molar-refractivity contribution in [3.05, 3.63) is 29.1 Å². The second-order valence-corrected chi connectivity index (χ2v) is 8.71. The molecule has 1 saturated carbocycles. The number of oxazole rings is 1. The molecular formula is C18H24N2OS. The molecule has 2 fully saturated rings. The summed E-state index contributed by atoms with van der Waals surface area (Å²) in [5.74, 6) is 0. The predicted octanol–water partition coefficient (Wildman–Crippen LogP) is 4.82. The number of hydrogen-bond donors (Lipinski definition) is 0. The first-order valence-corrected chi connectivity index (χ1v) is 8.59. The Morgan fingerprint density at radius 1 is 1.23 bits per heavy atom. The van der Waals surface area contributed by atoms with Crippen molar-refractivity contribution in [1.29, 1.82) is 0 Å². The Balaban J connectivity index is 1.67. The molecule has 2 aliphatic rings. The van der Waals surface area contributed by atoms with Crippen LogP contribution < -0.4 is 0 Å². The van der Waals surface area contributed by atoms with Gasteiger partial charge < -0.3 is 4.42 Å². The Morgan fingerprint density at radius 3 is 2.82 bits per heavy atom. The van der Waals surface area contributed by atoms with E-state index in [1.807, 2.05) is 12.1 Å². The van der Waals surface area contributed by atoms with E-state index in [-0.39, 0.29) is 0 Å². The standard InChI is InChI=1S/C18H24N2OS/c1-17(2)8-13-9-18(3,10-17)11-19(13)12-20-14-6-4-5-7-15(14)21-16(20)22/h4-7,13H,8-12H2,1-3H3/t13-,18-/m0/s1. The maximum atomic E-state index is 5.74. The summed E-state index contributed by atoms with van der Waals surface area (Å²) in [6, 6.07) is 8.81. The predicted molar refractivity (Wildman–Crippen MR) is 91.3 cm³/mol. The highest BCUT2D eigenvalue weighted by Crippen LogP contribution is 2.52. The fourth-order valence-corrected chi connectivity index (χ4v) is 5.32. The maximum Gasteiger partial charge on any atom is 0.270 e. The third-order valence-electron chi connectivity index (χ3n) is 5.42. The van der Waals surface area contributed by atoms with Gasteiger partial charge in [-0.2, -0.15) is 0 Å². The first-order valence-electron chi connectivity index (χ1n) is 8.18. The van der Waals surface area contributed by atoms with E-state index in [9.17, 15) is 0 Å². The molecule has 1 aromatic heterocycles. The molecule has 0 spiro atoms. The fraction of sp³-hybridized carbons (Fsp3) is 0.611. The van der Waals surface area contributed by atoms with Crippen LogP contribution >= 0.6 is 12.2 Å². The lowest BCUT2D eigenvalue weighted by Gasteiger charge is -2.39. The van der Waals surface area contributed by atoms with Crippen molar-refractivity contribution >= 4 is 23.3 Å². The topological polar surface area (TPSA) is 21.3 Å². The minimum atomic E-state index is 0.451. The maximum absolute atomic E-state index is 5.74. The molecule has 0 radical (unpaired) electrons. The quantitative estimate of drug-likeness (QED) is 0.741. The van der Waals surface area contributed by atoms with Gasteiger partial charge in [-0.1, -0.05) is 32.9 Å². The van der Waals surface area contributed by atoms with Crippen LogP contribution in [0.25, 0.3) is 11.1 Å². The summed E-state index contributed by atoms with van der Waals surface area (Å²) in [7, 11) is 0. The summed E-state index contributed by atoms with van der Waals surface area (Å²) in [5, 5.41) is 0. The summed E-state index contributed by atoms with van der Waals surface area (Å²) in [5.41, 5.74) is 2.90. The van der Waals surface area contributed by atoms with Crippen molar-refractivity contribution in [2.45, 2.75) is 52.7 Å². The lowest BCUT2D eigenvalue weighted by molar-refractivity contribution is 0.121. The Hall–Kier alpha value is -1.13. The van der Waals surface area contributed by atoms with Gasteiger partial charge in [-0.05, 0) is 54.4 Å². The van der Waals surface area contributed by atoms with E-state index < -0.39 is 0 Å². The summed E-state index contributed by atoms with van der Waals surface area (Å²) < 4.78 is 7.89. The van der Waals surface area contributed by atoms with E-state index in [1.54, 1.807) is 0 Å². The molecule has 22 heavy (non-hydrogen) atoms. The molecule has 2 atom stereocenters. The SMILES string of the molecule is CC1(C)C[C@H]2C[C@](C)(CN2Cn2c(=S)oc3ccccc32)C1. The molecule has 2 bridgehead atoms. The van der Waals surface area contributed by atoms with Gasteiger partial charge in [0.05, 0.1) is 12.2 Å². The largest absolute Gasteiger partial charge is 0.429 e. The molecule has 2 heterocycles. The second kappa shape index (κ2) is 4.68. The number of para-hydroxylation sites is 2. The van der Waals surface area contributed by atoms with Crippen molar-refractivity contribution < 1.29 is 4.42 Å². The molecule has 1 aromatic carbocycles. The Labute approximate surface area is 136 Å². The number of rotatable bonds is 2.